The lowest BCUT2D eigenvalue weighted by atomic mass is 10.1. The lowest BCUT2D eigenvalue weighted by Gasteiger charge is -2.09. The highest BCUT2D eigenvalue weighted by molar-refractivity contribution is 7.16. The number of aromatic amines is 1. The smallest absolute Gasteiger partial charge is 0.209 e. The van der Waals surface area contributed by atoms with E-state index in [1.54, 1.807) is 17.8 Å². The number of aryl methyl sites for hydroxylation is 1. The molecule has 0 fully saturated rings. The van der Waals surface area contributed by atoms with Gasteiger partial charge in [0.15, 0.2) is 16.9 Å². The normalized spacial score (nSPS) is 11.5. The number of H-pyrrole nitrogens is 1. The monoisotopic (exact) mass is 394 g/mol. The summed E-state index contributed by atoms with van der Waals surface area (Å²) in [7, 11) is 0. The van der Waals surface area contributed by atoms with Gasteiger partial charge < -0.3 is 9.40 Å². The van der Waals surface area contributed by atoms with Crippen molar-refractivity contribution in [3.05, 3.63) is 63.0 Å². The average Bonchev–Trinajstić information content (AvgIpc) is 3.30. The number of thiazole rings is 1. The van der Waals surface area contributed by atoms with Gasteiger partial charge in [0.05, 0.1) is 20.7 Å². The molecular formula is C19H11ClN4O2S. The number of aromatic nitrogens is 4. The molecule has 132 valence electrons. The van der Waals surface area contributed by atoms with Crippen LogP contribution in [0.2, 0.25) is 5.02 Å². The van der Waals surface area contributed by atoms with Gasteiger partial charge in [-0.15, -0.1) is 11.3 Å². The van der Waals surface area contributed by atoms with E-state index in [4.69, 9.17) is 16.0 Å². The van der Waals surface area contributed by atoms with E-state index in [0.29, 0.717) is 27.8 Å². The Bertz CT molecular complexity index is 1390. The summed E-state index contributed by atoms with van der Waals surface area (Å²) in [5, 5.41) is 0.522. The Morgan fingerprint density at radius 2 is 2.00 bits per heavy atom. The van der Waals surface area contributed by atoms with Gasteiger partial charge >= 0.3 is 0 Å². The number of fused-ring (bicyclic) bond motifs is 2. The molecule has 5 rings (SSSR count). The fourth-order valence-corrected chi connectivity index (χ4v) is 4.04. The Morgan fingerprint density at radius 1 is 1.11 bits per heavy atom. The van der Waals surface area contributed by atoms with Crippen LogP contribution in [0.3, 0.4) is 0 Å². The molecule has 0 aliphatic rings. The third-order valence-electron chi connectivity index (χ3n) is 4.22. The van der Waals surface area contributed by atoms with Crippen molar-refractivity contribution in [2.45, 2.75) is 6.92 Å². The number of furan rings is 1. The zero-order valence-electron chi connectivity index (χ0n) is 14.0. The van der Waals surface area contributed by atoms with E-state index in [-0.39, 0.29) is 10.9 Å². The van der Waals surface area contributed by atoms with Crippen molar-refractivity contribution in [2.24, 2.45) is 0 Å². The van der Waals surface area contributed by atoms with E-state index in [2.05, 4.69) is 19.9 Å². The zero-order valence-corrected chi connectivity index (χ0v) is 15.6. The molecule has 0 atom stereocenters. The Balaban J connectivity index is 1.88. The van der Waals surface area contributed by atoms with Crippen molar-refractivity contribution in [1.82, 2.24) is 19.9 Å². The maximum absolute atomic E-state index is 12.3. The fourth-order valence-electron chi connectivity index (χ4n) is 2.98. The number of hydrogen-bond donors (Lipinski definition) is 1. The lowest BCUT2D eigenvalue weighted by Crippen LogP contribution is -2.06. The van der Waals surface area contributed by atoms with Gasteiger partial charge in [0.2, 0.25) is 5.43 Å². The summed E-state index contributed by atoms with van der Waals surface area (Å²) in [6.07, 6.45) is 1.55. The minimum absolute atomic E-state index is 0.204. The maximum atomic E-state index is 12.3. The second-order valence-corrected chi connectivity index (χ2v) is 7.32. The number of hydrogen-bond acceptors (Lipinski definition) is 6. The average molecular weight is 395 g/mol. The first-order chi connectivity index (χ1) is 13.1. The summed E-state index contributed by atoms with van der Waals surface area (Å²) in [5.74, 6) is 1.33. The maximum Gasteiger partial charge on any atom is 0.209 e. The molecule has 1 aromatic carbocycles. The van der Waals surface area contributed by atoms with Gasteiger partial charge in [-0.25, -0.2) is 15.0 Å². The molecule has 4 heterocycles. The Morgan fingerprint density at radius 3 is 2.81 bits per heavy atom. The van der Waals surface area contributed by atoms with E-state index >= 15 is 0 Å². The molecule has 0 amide bonds. The van der Waals surface area contributed by atoms with Crippen LogP contribution >= 0.6 is 22.9 Å². The second-order valence-electron chi connectivity index (χ2n) is 6.03. The number of rotatable bonds is 2. The Kier molecular flexibility index (Phi) is 3.60. The highest BCUT2D eigenvalue weighted by Gasteiger charge is 2.19. The van der Waals surface area contributed by atoms with Crippen LogP contribution in [0.15, 0.2) is 51.3 Å². The van der Waals surface area contributed by atoms with Gasteiger partial charge in [-0.3, -0.25) is 4.79 Å². The molecule has 4 aromatic heterocycles. The third-order valence-corrected chi connectivity index (χ3v) is 5.29. The van der Waals surface area contributed by atoms with Crippen molar-refractivity contribution >= 4 is 44.3 Å². The molecular weight excluding hydrogens is 384 g/mol. The molecule has 0 aliphatic carbocycles. The van der Waals surface area contributed by atoms with Crippen LogP contribution in [-0.4, -0.2) is 19.9 Å². The van der Waals surface area contributed by atoms with Gasteiger partial charge in [-0.05, 0) is 31.2 Å². The van der Waals surface area contributed by atoms with Crippen molar-refractivity contribution in [1.29, 1.82) is 0 Å². The quantitative estimate of drug-likeness (QED) is 0.464. The summed E-state index contributed by atoms with van der Waals surface area (Å²) in [4.78, 5) is 28.8. The zero-order chi connectivity index (χ0) is 18.5. The Labute approximate surface area is 161 Å². The molecule has 1 N–H and O–H groups in total. The van der Waals surface area contributed by atoms with Crippen LogP contribution in [0.1, 0.15) is 5.76 Å². The first kappa shape index (κ1) is 16.2. The van der Waals surface area contributed by atoms with Crippen molar-refractivity contribution in [3.8, 4) is 22.7 Å². The SMILES string of the molecule is Cc1ccc(-c2nc3[nH]ccc(=O)c3nc2-c2cc(Cl)c3ncsc3c2)o1. The topological polar surface area (TPSA) is 84.7 Å². The molecule has 0 bridgehead atoms. The van der Waals surface area contributed by atoms with E-state index in [1.165, 1.54) is 17.4 Å². The third kappa shape index (κ3) is 2.63. The minimum atomic E-state index is -0.204. The van der Waals surface area contributed by atoms with E-state index in [1.807, 2.05) is 25.1 Å². The molecule has 8 heteroatoms. The highest BCUT2D eigenvalue weighted by Crippen LogP contribution is 2.36. The molecule has 27 heavy (non-hydrogen) atoms. The van der Waals surface area contributed by atoms with Crippen LogP contribution < -0.4 is 5.43 Å². The number of halogens is 1. The van der Waals surface area contributed by atoms with E-state index < -0.39 is 0 Å². The van der Waals surface area contributed by atoms with Crippen molar-refractivity contribution in [2.75, 3.05) is 0 Å². The van der Waals surface area contributed by atoms with Gasteiger partial charge in [-0.1, -0.05) is 11.6 Å². The molecule has 6 nitrogen and oxygen atoms in total. The largest absolute Gasteiger partial charge is 0.460 e. The molecule has 0 saturated heterocycles. The van der Waals surface area contributed by atoms with Gasteiger partial charge in [-0.2, -0.15) is 0 Å². The van der Waals surface area contributed by atoms with E-state index in [0.717, 1.165) is 21.5 Å². The summed E-state index contributed by atoms with van der Waals surface area (Å²) < 4.78 is 6.71. The van der Waals surface area contributed by atoms with Crippen LogP contribution in [0.4, 0.5) is 0 Å². The number of pyridine rings is 1. The predicted octanol–water partition coefficient (Wildman–Crippen LogP) is 4.82. The molecule has 0 saturated carbocycles. The van der Waals surface area contributed by atoms with Crippen LogP contribution in [-0.2, 0) is 0 Å². The molecule has 0 radical (unpaired) electrons. The number of benzene rings is 1. The van der Waals surface area contributed by atoms with Crippen LogP contribution in [0, 0.1) is 6.92 Å². The first-order valence-corrected chi connectivity index (χ1v) is 9.35. The first-order valence-electron chi connectivity index (χ1n) is 8.09. The van der Waals surface area contributed by atoms with Gasteiger partial charge in [0.25, 0.3) is 0 Å². The molecule has 0 aliphatic heterocycles. The summed E-state index contributed by atoms with van der Waals surface area (Å²) >= 11 is 7.90. The van der Waals surface area contributed by atoms with Crippen LogP contribution in [0.5, 0.6) is 0 Å². The molecule has 0 unspecified atom stereocenters. The van der Waals surface area contributed by atoms with Gasteiger partial charge in [0, 0.05) is 17.8 Å². The predicted molar refractivity (Wildman–Crippen MR) is 106 cm³/mol. The summed E-state index contributed by atoms with van der Waals surface area (Å²) in [6.45, 7) is 1.86. The van der Waals surface area contributed by atoms with Crippen molar-refractivity contribution in [3.63, 3.8) is 0 Å². The standard InChI is InChI=1S/C19H11ClN4O2S/c1-9-2-3-13(26-9)18-15(23-17-12(25)4-5-21-19(17)24-18)10-6-11(20)16-14(7-10)27-8-22-16/h2-8H,1H3,(H,21,24,25). The number of nitrogens with zero attached hydrogens (tertiary/aromatic N) is 3. The van der Waals surface area contributed by atoms with Crippen molar-refractivity contribution < 1.29 is 4.42 Å². The highest BCUT2D eigenvalue weighted by atomic mass is 35.5. The second kappa shape index (κ2) is 6.00. The summed E-state index contributed by atoms with van der Waals surface area (Å²) in [5.41, 5.74) is 4.77. The van der Waals surface area contributed by atoms with Gasteiger partial charge in [0.1, 0.15) is 17.1 Å². The molecule has 0 spiro atoms. The lowest BCUT2D eigenvalue weighted by molar-refractivity contribution is 0.546. The molecule has 5 aromatic rings. The Hall–Kier alpha value is -3.03. The fraction of sp³-hybridized carbons (Fsp3) is 0.0526. The van der Waals surface area contributed by atoms with Crippen LogP contribution in [0.25, 0.3) is 44.1 Å². The minimum Gasteiger partial charge on any atom is -0.460 e. The number of nitrogens with one attached hydrogen (secondary N) is 1. The van der Waals surface area contributed by atoms with E-state index in [9.17, 15) is 4.79 Å². The summed E-state index contributed by atoms with van der Waals surface area (Å²) in [6, 6.07) is 8.86.